The fraction of sp³-hybridized carbons (Fsp3) is 0.629. The highest BCUT2D eigenvalue weighted by molar-refractivity contribution is 8.02. The number of fused-ring (bicyclic) bond motifs is 1. The average Bonchev–Trinajstić information content (AvgIpc) is 3.53. The second-order valence-corrected chi connectivity index (χ2v) is 15.9. The number of benzene rings is 1. The number of nitrogens with zero attached hydrogens (tertiary/aromatic N) is 2. The van der Waals surface area contributed by atoms with E-state index in [1.54, 1.807) is 28.8 Å². The SMILES string of the molecule is C=CCCOC(=O)[C@@H]1[C@H]2C(=O)N([C@@H](CO)Cc3ccccc3)C(C(=O)N(CC=C)C(C)(C)CC(C)(C)C)C23S[C@@H]1CC3C. The van der Waals surface area contributed by atoms with Crippen molar-refractivity contribution in [1.82, 2.24) is 9.80 Å². The predicted octanol–water partition coefficient (Wildman–Crippen LogP) is 5.28. The van der Waals surface area contributed by atoms with E-state index in [4.69, 9.17) is 4.74 Å². The Hall–Kier alpha value is -2.58. The quantitative estimate of drug-likeness (QED) is 0.186. The molecule has 7 nitrogen and oxygen atoms in total. The third-order valence-electron chi connectivity index (χ3n) is 9.45. The Morgan fingerprint density at radius 3 is 2.44 bits per heavy atom. The molecular formula is C35H50N2O5S. The molecule has 3 unspecified atom stereocenters. The third-order valence-corrected chi connectivity index (χ3v) is 11.5. The molecule has 3 aliphatic heterocycles. The lowest BCUT2D eigenvalue weighted by Gasteiger charge is -2.47. The van der Waals surface area contributed by atoms with Crippen LogP contribution in [0.1, 0.15) is 66.4 Å². The number of ether oxygens (including phenoxy) is 1. The van der Waals surface area contributed by atoms with Gasteiger partial charge >= 0.3 is 5.97 Å². The summed E-state index contributed by atoms with van der Waals surface area (Å²) in [4.78, 5) is 46.9. The topological polar surface area (TPSA) is 87.1 Å². The lowest BCUT2D eigenvalue weighted by atomic mass is 9.66. The van der Waals surface area contributed by atoms with Gasteiger partial charge in [-0.05, 0) is 56.4 Å². The normalized spacial score (nSPS) is 28.9. The first-order chi connectivity index (χ1) is 20.2. The van der Waals surface area contributed by atoms with Gasteiger partial charge in [0.15, 0.2) is 0 Å². The van der Waals surface area contributed by atoms with Gasteiger partial charge in [0, 0.05) is 17.3 Å². The number of aliphatic hydroxyl groups is 1. The largest absolute Gasteiger partial charge is 0.465 e. The van der Waals surface area contributed by atoms with Crippen LogP contribution in [0.4, 0.5) is 0 Å². The Balaban J connectivity index is 1.83. The van der Waals surface area contributed by atoms with Crippen LogP contribution >= 0.6 is 11.8 Å². The van der Waals surface area contributed by atoms with Crippen LogP contribution in [-0.4, -0.2) is 80.1 Å². The molecule has 3 heterocycles. The molecule has 2 bridgehead atoms. The zero-order valence-electron chi connectivity index (χ0n) is 26.8. The van der Waals surface area contributed by atoms with Crippen LogP contribution in [0.15, 0.2) is 55.6 Å². The highest BCUT2D eigenvalue weighted by atomic mass is 32.2. The second-order valence-electron chi connectivity index (χ2n) is 14.4. The van der Waals surface area contributed by atoms with Crippen LogP contribution in [0.5, 0.6) is 0 Å². The molecule has 2 amide bonds. The van der Waals surface area contributed by atoms with E-state index in [9.17, 15) is 14.7 Å². The standard InChI is InChI=1S/C35H50N2O5S/c1-9-11-18-42-32(41)27-26-19-23(3)35(43-26)28(27)30(39)37(25(21-38)20-24-15-13-12-14-16-24)29(35)31(40)36(17-10-2)34(7,8)22-33(4,5)6/h9-10,12-16,23,25-29,38H,1-2,11,17-22H2,3-8H3/t23?,25-,26-,27+,28+,29?,35?/m1/s1. The number of rotatable bonds is 13. The molecule has 1 N–H and O–H groups in total. The van der Waals surface area contributed by atoms with E-state index in [0.29, 0.717) is 19.4 Å². The van der Waals surface area contributed by atoms with E-state index in [-0.39, 0.29) is 47.6 Å². The summed E-state index contributed by atoms with van der Waals surface area (Å²) in [6.07, 6.45) is 5.85. The zero-order chi connectivity index (χ0) is 31.7. The van der Waals surface area contributed by atoms with Crippen molar-refractivity contribution in [3.8, 4) is 0 Å². The van der Waals surface area contributed by atoms with Gasteiger partial charge in [-0.1, -0.05) is 70.2 Å². The lowest BCUT2D eigenvalue weighted by molar-refractivity contribution is -0.155. The van der Waals surface area contributed by atoms with Crippen LogP contribution in [-0.2, 0) is 25.5 Å². The van der Waals surface area contributed by atoms with Crippen molar-refractivity contribution in [1.29, 1.82) is 0 Å². The van der Waals surface area contributed by atoms with Gasteiger partial charge in [-0.25, -0.2) is 0 Å². The number of amides is 2. The van der Waals surface area contributed by atoms with Gasteiger partial charge in [0.05, 0.1) is 35.8 Å². The Labute approximate surface area is 262 Å². The van der Waals surface area contributed by atoms with Crippen molar-refractivity contribution >= 4 is 29.5 Å². The minimum absolute atomic E-state index is 0.0139. The fourth-order valence-corrected chi connectivity index (χ4v) is 10.6. The Kier molecular flexibility index (Phi) is 9.92. The van der Waals surface area contributed by atoms with Gasteiger partial charge in [-0.3, -0.25) is 14.4 Å². The first kappa shape index (κ1) is 33.3. The number of likely N-dealkylation sites (tertiary alicyclic amines) is 1. The van der Waals surface area contributed by atoms with Crippen molar-refractivity contribution in [2.75, 3.05) is 19.8 Å². The first-order valence-electron chi connectivity index (χ1n) is 15.6. The minimum Gasteiger partial charge on any atom is -0.465 e. The Bertz CT molecular complexity index is 1210. The predicted molar refractivity (Wildman–Crippen MR) is 172 cm³/mol. The maximum absolute atomic E-state index is 15.1. The van der Waals surface area contributed by atoms with Gasteiger partial charge < -0.3 is 19.6 Å². The van der Waals surface area contributed by atoms with Gasteiger partial charge in [-0.2, -0.15) is 0 Å². The molecular weight excluding hydrogens is 560 g/mol. The first-order valence-corrected chi connectivity index (χ1v) is 16.5. The fourth-order valence-electron chi connectivity index (χ4n) is 8.18. The minimum atomic E-state index is -0.832. The van der Waals surface area contributed by atoms with Crippen LogP contribution < -0.4 is 0 Å². The van der Waals surface area contributed by atoms with Crippen LogP contribution in [0, 0.1) is 23.2 Å². The van der Waals surface area contributed by atoms with E-state index < -0.39 is 34.2 Å². The summed E-state index contributed by atoms with van der Waals surface area (Å²) in [7, 11) is 0. The number of hydrogen-bond acceptors (Lipinski definition) is 6. The summed E-state index contributed by atoms with van der Waals surface area (Å²) in [5, 5.41) is 10.7. The van der Waals surface area contributed by atoms with Crippen molar-refractivity contribution in [2.45, 2.75) is 94.8 Å². The van der Waals surface area contributed by atoms with E-state index in [1.807, 2.05) is 35.2 Å². The number of esters is 1. The highest BCUT2D eigenvalue weighted by Gasteiger charge is 2.77. The number of thioether (sulfide) groups is 1. The molecule has 0 saturated carbocycles. The van der Waals surface area contributed by atoms with E-state index in [1.165, 1.54) is 0 Å². The van der Waals surface area contributed by atoms with Crippen molar-refractivity contribution in [3.63, 3.8) is 0 Å². The molecule has 8 heteroatoms. The van der Waals surface area contributed by atoms with E-state index in [2.05, 4.69) is 54.7 Å². The molecule has 4 rings (SSSR count). The maximum Gasteiger partial charge on any atom is 0.310 e. The van der Waals surface area contributed by atoms with Crippen molar-refractivity contribution in [3.05, 3.63) is 61.2 Å². The molecule has 3 aliphatic rings. The van der Waals surface area contributed by atoms with Gasteiger partial charge in [0.25, 0.3) is 0 Å². The molecule has 3 fully saturated rings. The lowest BCUT2D eigenvalue weighted by Crippen LogP contribution is -2.63. The number of carbonyl (C=O) groups is 3. The molecule has 1 spiro atoms. The smallest absolute Gasteiger partial charge is 0.310 e. The molecule has 0 aromatic heterocycles. The average molecular weight is 611 g/mol. The summed E-state index contributed by atoms with van der Waals surface area (Å²) in [6.45, 7) is 20.7. The number of carbonyl (C=O) groups excluding carboxylic acids is 3. The van der Waals surface area contributed by atoms with Gasteiger partial charge in [0.2, 0.25) is 11.8 Å². The van der Waals surface area contributed by atoms with Crippen molar-refractivity contribution < 1.29 is 24.2 Å². The molecule has 236 valence electrons. The molecule has 7 atom stereocenters. The molecule has 3 saturated heterocycles. The molecule has 0 radical (unpaired) electrons. The number of aliphatic hydroxyl groups excluding tert-OH is 1. The van der Waals surface area contributed by atoms with Crippen LogP contribution in [0.25, 0.3) is 0 Å². The molecule has 1 aromatic carbocycles. The molecule has 43 heavy (non-hydrogen) atoms. The number of hydrogen-bond donors (Lipinski definition) is 1. The van der Waals surface area contributed by atoms with Crippen LogP contribution in [0.2, 0.25) is 0 Å². The molecule has 0 aliphatic carbocycles. The summed E-state index contributed by atoms with van der Waals surface area (Å²) in [6, 6.07) is 8.28. The summed E-state index contributed by atoms with van der Waals surface area (Å²) in [5.74, 6) is -2.06. The zero-order valence-corrected chi connectivity index (χ0v) is 27.6. The monoisotopic (exact) mass is 610 g/mol. The highest BCUT2D eigenvalue weighted by Crippen LogP contribution is 2.69. The Morgan fingerprint density at radius 1 is 1.19 bits per heavy atom. The van der Waals surface area contributed by atoms with Gasteiger partial charge in [-0.15, -0.1) is 24.9 Å². The van der Waals surface area contributed by atoms with E-state index >= 15 is 4.79 Å². The summed E-state index contributed by atoms with van der Waals surface area (Å²) in [5.41, 5.74) is 0.385. The van der Waals surface area contributed by atoms with Crippen molar-refractivity contribution in [2.24, 2.45) is 23.2 Å². The summed E-state index contributed by atoms with van der Waals surface area (Å²) < 4.78 is 4.86. The van der Waals surface area contributed by atoms with Gasteiger partial charge in [0.1, 0.15) is 6.04 Å². The summed E-state index contributed by atoms with van der Waals surface area (Å²) >= 11 is 1.63. The molecule has 1 aromatic rings. The maximum atomic E-state index is 15.1. The van der Waals surface area contributed by atoms with Crippen LogP contribution in [0.3, 0.4) is 0 Å². The second kappa shape index (κ2) is 12.8. The Morgan fingerprint density at radius 2 is 1.86 bits per heavy atom. The van der Waals surface area contributed by atoms with E-state index in [0.717, 1.165) is 18.4 Å². The third kappa shape index (κ3) is 6.19.